The van der Waals surface area contributed by atoms with Crippen molar-refractivity contribution in [1.82, 2.24) is 9.55 Å². The summed E-state index contributed by atoms with van der Waals surface area (Å²) in [5, 5.41) is 1.29. The summed E-state index contributed by atoms with van der Waals surface area (Å²) in [6, 6.07) is 13.1. The quantitative estimate of drug-likeness (QED) is 0.588. The van der Waals surface area contributed by atoms with Crippen LogP contribution in [0.4, 0.5) is 0 Å². The van der Waals surface area contributed by atoms with Crippen LogP contribution in [-0.2, 0) is 6.54 Å². The standard InChI is InChI=1S/C22H26N2/c1-16-8-10-19(11-9-16)21-13-12-20-17(2)14-24(22(20)23-21)15-18-6-4-3-5-7-18/h8-14,18H,3-7,15H2,1-2H3. The van der Waals surface area contributed by atoms with Gasteiger partial charge < -0.3 is 4.57 Å². The van der Waals surface area contributed by atoms with Gasteiger partial charge in [-0.1, -0.05) is 49.1 Å². The van der Waals surface area contributed by atoms with Gasteiger partial charge in [0.05, 0.1) is 5.69 Å². The van der Waals surface area contributed by atoms with E-state index in [0.717, 1.165) is 23.8 Å². The van der Waals surface area contributed by atoms with Gasteiger partial charge in [-0.3, -0.25) is 0 Å². The second-order valence-corrected chi connectivity index (χ2v) is 7.40. The van der Waals surface area contributed by atoms with Crippen LogP contribution in [0.3, 0.4) is 0 Å². The second-order valence-electron chi connectivity index (χ2n) is 7.40. The van der Waals surface area contributed by atoms with Crippen LogP contribution in [0.1, 0.15) is 43.2 Å². The highest BCUT2D eigenvalue weighted by molar-refractivity contribution is 5.83. The van der Waals surface area contributed by atoms with Crippen molar-refractivity contribution < 1.29 is 0 Å². The van der Waals surface area contributed by atoms with Crippen molar-refractivity contribution in [2.24, 2.45) is 5.92 Å². The Morgan fingerprint density at radius 3 is 2.46 bits per heavy atom. The molecule has 1 fully saturated rings. The van der Waals surface area contributed by atoms with Gasteiger partial charge in [0.15, 0.2) is 0 Å². The lowest BCUT2D eigenvalue weighted by molar-refractivity contribution is 0.322. The minimum absolute atomic E-state index is 0.818. The largest absolute Gasteiger partial charge is 0.332 e. The van der Waals surface area contributed by atoms with Gasteiger partial charge in [0.2, 0.25) is 0 Å². The molecule has 2 nitrogen and oxygen atoms in total. The maximum Gasteiger partial charge on any atom is 0.140 e. The first kappa shape index (κ1) is 15.4. The Kier molecular flexibility index (Phi) is 4.13. The molecule has 124 valence electrons. The van der Waals surface area contributed by atoms with Crippen LogP contribution in [0.25, 0.3) is 22.3 Å². The fourth-order valence-electron chi connectivity index (χ4n) is 4.01. The lowest BCUT2D eigenvalue weighted by Crippen LogP contribution is -2.13. The van der Waals surface area contributed by atoms with Crippen molar-refractivity contribution in [2.75, 3.05) is 0 Å². The highest BCUT2D eigenvalue weighted by atomic mass is 15.0. The lowest BCUT2D eigenvalue weighted by atomic mass is 9.89. The summed E-state index contributed by atoms with van der Waals surface area (Å²) in [4.78, 5) is 5.02. The van der Waals surface area contributed by atoms with Gasteiger partial charge in [-0.05, 0) is 50.3 Å². The lowest BCUT2D eigenvalue weighted by Gasteiger charge is -2.22. The van der Waals surface area contributed by atoms with E-state index in [1.165, 1.54) is 54.2 Å². The number of aryl methyl sites for hydroxylation is 2. The van der Waals surface area contributed by atoms with E-state index in [0.29, 0.717) is 0 Å². The summed E-state index contributed by atoms with van der Waals surface area (Å²) < 4.78 is 2.40. The fourth-order valence-corrected chi connectivity index (χ4v) is 4.01. The smallest absolute Gasteiger partial charge is 0.140 e. The van der Waals surface area contributed by atoms with Gasteiger partial charge in [-0.15, -0.1) is 0 Å². The Morgan fingerprint density at radius 1 is 0.958 bits per heavy atom. The third-order valence-corrected chi connectivity index (χ3v) is 5.45. The van der Waals surface area contributed by atoms with Gasteiger partial charge in [0.1, 0.15) is 5.65 Å². The molecule has 0 saturated heterocycles. The van der Waals surface area contributed by atoms with Crippen LogP contribution >= 0.6 is 0 Å². The molecule has 2 aromatic heterocycles. The topological polar surface area (TPSA) is 17.8 Å². The summed E-state index contributed by atoms with van der Waals surface area (Å²) in [7, 11) is 0. The molecule has 3 aromatic rings. The Balaban J connectivity index is 1.71. The van der Waals surface area contributed by atoms with Crippen molar-refractivity contribution in [1.29, 1.82) is 0 Å². The first-order valence-corrected chi connectivity index (χ1v) is 9.24. The molecule has 0 unspecified atom stereocenters. The van der Waals surface area contributed by atoms with Gasteiger partial charge in [-0.2, -0.15) is 0 Å². The summed E-state index contributed by atoms with van der Waals surface area (Å²) >= 11 is 0. The third-order valence-electron chi connectivity index (χ3n) is 5.45. The molecule has 0 spiro atoms. The molecule has 0 N–H and O–H groups in total. The van der Waals surface area contributed by atoms with Crippen molar-refractivity contribution in [2.45, 2.75) is 52.5 Å². The predicted molar refractivity (Wildman–Crippen MR) is 101 cm³/mol. The molecule has 4 rings (SSSR count). The molecule has 1 aliphatic rings. The summed E-state index contributed by atoms with van der Waals surface area (Å²) in [5.41, 5.74) is 6.05. The number of fused-ring (bicyclic) bond motifs is 1. The molecule has 0 bridgehead atoms. The molecular weight excluding hydrogens is 292 g/mol. The van der Waals surface area contributed by atoms with Crippen LogP contribution in [0, 0.1) is 19.8 Å². The highest BCUT2D eigenvalue weighted by Gasteiger charge is 2.16. The number of hydrogen-bond donors (Lipinski definition) is 0. The van der Waals surface area contributed by atoms with Crippen molar-refractivity contribution in [3.63, 3.8) is 0 Å². The van der Waals surface area contributed by atoms with E-state index in [-0.39, 0.29) is 0 Å². The van der Waals surface area contributed by atoms with Gasteiger partial charge in [-0.25, -0.2) is 4.98 Å². The molecule has 1 aromatic carbocycles. The minimum Gasteiger partial charge on any atom is -0.332 e. The van der Waals surface area contributed by atoms with Crippen LogP contribution in [0.2, 0.25) is 0 Å². The van der Waals surface area contributed by atoms with Crippen molar-refractivity contribution in [3.05, 3.63) is 53.7 Å². The van der Waals surface area contributed by atoms with E-state index >= 15 is 0 Å². The Bertz CT molecular complexity index is 836. The predicted octanol–water partition coefficient (Wildman–Crippen LogP) is 5.90. The monoisotopic (exact) mass is 318 g/mol. The van der Waals surface area contributed by atoms with Gasteiger partial charge in [0, 0.05) is 23.7 Å². The molecule has 0 aliphatic heterocycles. The average molecular weight is 318 g/mol. The molecule has 2 heteroatoms. The van der Waals surface area contributed by atoms with E-state index in [1.807, 2.05) is 0 Å². The number of rotatable bonds is 3. The molecule has 1 aliphatic carbocycles. The zero-order valence-electron chi connectivity index (χ0n) is 14.8. The number of benzene rings is 1. The summed E-state index contributed by atoms with van der Waals surface area (Å²) in [6.07, 6.45) is 9.24. The molecule has 0 atom stereocenters. The summed E-state index contributed by atoms with van der Waals surface area (Å²) in [6.45, 7) is 5.45. The Hall–Kier alpha value is -2.09. The SMILES string of the molecule is Cc1ccc(-c2ccc3c(C)cn(CC4CCCCC4)c3n2)cc1. The normalized spacial score (nSPS) is 15.9. The number of pyridine rings is 1. The molecule has 24 heavy (non-hydrogen) atoms. The van der Waals surface area contributed by atoms with Gasteiger partial charge >= 0.3 is 0 Å². The molecule has 0 amide bonds. The number of hydrogen-bond acceptors (Lipinski definition) is 1. The van der Waals surface area contributed by atoms with Crippen LogP contribution in [0.15, 0.2) is 42.6 Å². The first-order chi connectivity index (χ1) is 11.7. The van der Waals surface area contributed by atoms with E-state index < -0.39 is 0 Å². The number of aromatic nitrogens is 2. The molecule has 2 heterocycles. The maximum absolute atomic E-state index is 5.02. The molecule has 0 radical (unpaired) electrons. The zero-order chi connectivity index (χ0) is 16.5. The van der Waals surface area contributed by atoms with Crippen LogP contribution in [0.5, 0.6) is 0 Å². The van der Waals surface area contributed by atoms with E-state index in [1.54, 1.807) is 0 Å². The highest BCUT2D eigenvalue weighted by Crippen LogP contribution is 2.29. The van der Waals surface area contributed by atoms with Crippen molar-refractivity contribution >= 4 is 11.0 Å². The van der Waals surface area contributed by atoms with Gasteiger partial charge in [0.25, 0.3) is 0 Å². The first-order valence-electron chi connectivity index (χ1n) is 9.24. The van der Waals surface area contributed by atoms with Crippen molar-refractivity contribution in [3.8, 4) is 11.3 Å². The van der Waals surface area contributed by atoms with Crippen LogP contribution in [-0.4, -0.2) is 9.55 Å². The number of nitrogens with zero attached hydrogens (tertiary/aromatic N) is 2. The minimum atomic E-state index is 0.818. The van der Waals surface area contributed by atoms with E-state index in [2.05, 4.69) is 61.0 Å². The van der Waals surface area contributed by atoms with E-state index in [4.69, 9.17) is 4.98 Å². The summed E-state index contributed by atoms with van der Waals surface area (Å²) in [5.74, 6) is 0.818. The third kappa shape index (κ3) is 2.98. The maximum atomic E-state index is 5.02. The Labute approximate surface area is 144 Å². The average Bonchev–Trinajstić information content (AvgIpc) is 2.92. The van der Waals surface area contributed by atoms with E-state index in [9.17, 15) is 0 Å². The zero-order valence-corrected chi connectivity index (χ0v) is 14.8. The second kappa shape index (κ2) is 6.43. The molecular formula is C22H26N2. The fraction of sp³-hybridized carbons (Fsp3) is 0.409. The Morgan fingerprint density at radius 2 is 1.71 bits per heavy atom. The van der Waals surface area contributed by atoms with Crippen LogP contribution < -0.4 is 0 Å². The molecule has 1 saturated carbocycles.